The Morgan fingerprint density at radius 1 is 1.38 bits per heavy atom. The molecule has 1 N–H and O–H groups in total. The summed E-state index contributed by atoms with van der Waals surface area (Å²) in [7, 11) is 0. The Morgan fingerprint density at radius 3 is 2.75 bits per heavy atom. The van der Waals surface area contributed by atoms with E-state index in [2.05, 4.69) is 0 Å². The van der Waals surface area contributed by atoms with Gasteiger partial charge in [-0.05, 0) is 31.0 Å². The number of rotatable bonds is 3. The molecule has 3 rings (SSSR count). The second kappa shape index (κ2) is 6.36. The molecule has 0 spiro atoms. The Balaban J connectivity index is 2.13. The van der Waals surface area contributed by atoms with E-state index >= 15 is 0 Å². The summed E-state index contributed by atoms with van der Waals surface area (Å²) in [5.41, 5.74) is -1.30. The number of carbonyl (C=O) groups is 1. The van der Waals surface area contributed by atoms with Crippen LogP contribution >= 0.6 is 0 Å². The number of alkyl halides is 2. The number of likely N-dealkylation sites (tertiary alicyclic amines) is 1. The first-order chi connectivity index (χ1) is 11.6. The van der Waals surface area contributed by atoms with E-state index in [0.717, 1.165) is 12.8 Å². The number of aliphatic hydroxyl groups is 1. The number of piperidine rings is 1. The maximum absolute atomic E-state index is 13.6. The number of halogens is 2. The Morgan fingerprint density at radius 2 is 2.12 bits per heavy atom. The summed E-state index contributed by atoms with van der Waals surface area (Å²) in [6.45, 7) is -2.04. The second-order valence-corrected chi connectivity index (χ2v) is 6.23. The molecule has 0 bridgehead atoms. The van der Waals surface area contributed by atoms with Gasteiger partial charge in [0.15, 0.2) is 5.60 Å². The van der Waals surface area contributed by atoms with Crippen LogP contribution in [0.5, 0.6) is 5.75 Å². The number of nitriles is 1. The summed E-state index contributed by atoms with van der Waals surface area (Å²) in [5.74, 6) is 0.0186. The molecule has 1 aromatic rings. The molecule has 2 atom stereocenters. The minimum atomic E-state index is -2.04. The van der Waals surface area contributed by atoms with Gasteiger partial charge in [-0.2, -0.15) is 5.26 Å². The molecule has 0 saturated carbocycles. The van der Waals surface area contributed by atoms with Crippen molar-refractivity contribution in [2.45, 2.75) is 37.0 Å². The first-order valence-corrected chi connectivity index (χ1v) is 7.89. The average molecular weight is 336 g/mol. The Kier molecular flexibility index (Phi) is 4.41. The van der Waals surface area contributed by atoms with Crippen LogP contribution in [0.25, 0.3) is 0 Å². The molecule has 1 saturated heterocycles. The molecule has 7 heteroatoms. The quantitative estimate of drug-likeness (QED) is 0.917. The highest BCUT2D eigenvalue weighted by Crippen LogP contribution is 2.44. The molecule has 0 aliphatic carbocycles. The van der Waals surface area contributed by atoms with E-state index in [1.54, 1.807) is 0 Å². The molecule has 0 radical (unpaired) electrons. The molecule has 2 heterocycles. The van der Waals surface area contributed by atoms with E-state index in [1.165, 1.54) is 23.1 Å². The third-order valence-corrected chi connectivity index (χ3v) is 4.76. The van der Waals surface area contributed by atoms with Crippen molar-refractivity contribution in [2.24, 2.45) is 0 Å². The van der Waals surface area contributed by atoms with Gasteiger partial charge in [0, 0.05) is 18.5 Å². The summed E-state index contributed by atoms with van der Waals surface area (Å²) in [5, 5.41) is 19.8. The fourth-order valence-electron chi connectivity index (χ4n) is 3.39. The number of nitrogens with zero attached hydrogens (tertiary/aromatic N) is 2. The van der Waals surface area contributed by atoms with Gasteiger partial charge < -0.3 is 14.7 Å². The van der Waals surface area contributed by atoms with Crippen molar-refractivity contribution in [1.82, 2.24) is 4.90 Å². The highest BCUT2D eigenvalue weighted by atomic mass is 19.1. The van der Waals surface area contributed by atoms with Gasteiger partial charge in [-0.15, -0.1) is 0 Å². The van der Waals surface area contributed by atoms with E-state index in [1.807, 2.05) is 6.07 Å². The number of aliphatic hydroxyl groups excluding tert-OH is 1. The molecule has 1 aromatic carbocycles. The molecule has 0 aromatic heterocycles. The Bertz CT molecular complexity index is 685. The molecule has 128 valence electrons. The zero-order chi connectivity index (χ0) is 17.3. The fourth-order valence-corrected chi connectivity index (χ4v) is 3.39. The molecule has 1 amide bonds. The number of fused-ring (bicyclic) bond motifs is 1. The van der Waals surface area contributed by atoms with Gasteiger partial charge in [0.2, 0.25) is 5.91 Å². The van der Waals surface area contributed by atoms with Crippen LogP contribution in [0.2, 0.25) is 0 Å². The van der Waals surface area contributed by atoms with Crippen LogP contribution < -0.4 is 4.74 Å². The van der Waals surface area contributed by atoms with E-state index in [4.69, 9.17) is 10.00 Å². The molecular formula is C17H18F2N2O3. The van der Waals surface area contributed by atoms with Gasteiger partial charge in [0.05, 0.1) is 17.7 Å². The molecule has 5 nitrogen and oxygen atoms in total. The number of carbonyl (C=O) groups excluding carboxylic acids is 1. The molecule has 2 aliphatic rings. The van der Waals surface area contributed by atoms with Gasteiger partial charge in [-0.3, -0.25) is 4.79 Å². The van der Waals surface area contributed by atoms with Crippen LogP contribution in [-0.2, 0) is 4.79 Å². The van der Waals surface area contributed by atoms with Gasteiger partial charge in [-0.25, -0.2) is 8.78 Å². The fraction of sp³-hybridized carbons (Fsp3) is 0.529. The number of hydrogen-bond donors (Lipinski definition) is 1. The second-order valence-electron chi connectivity index (χ2n) is 6.23. The van der Waals surface area contributed by atoms with Crippen molar-refractivity contribution < 1.29 is 23.4 Å². The van der Waals surface area contributed by atoms with Gasteiger partial charge in [-0.1, -0.05) is 0 Å². The highest BCUT2D eigenvalue weighted by molar-refractivity contribution is 5.77. The topological polar surface area (TPSA) is 73.6 Å². The van der Waals surface area contributed by atoms with Crippen molar-refractivity contribution >= 4 is 5.91 Å². The molecule has 24 heavy (non-hydrogen) atoms. The third kappa shape index (κ3) is 2.51. The minimum absolute atomic E-state index is 0.174. The van der Waals surface area contributed by atoms with Crippen LogP contribution in [0.1, 0.15) is 36.4 Å². The lowest BCUT2D eigenvalue weighted by molar-refractivity contribution is -0.156. The number of amides is 1. The van der Waals surface area contributed by atoms with Crippen LogP contribution in [0.4, 0.5) is 8.78 Å². The van der Waals surface area contributed by atoms with Crippen LogP contribution in [0, 0.1) is 11.3 Å². The van der Waals surface area contributed by atoms with Gasteiger partial charge in [0.1, 0.15) is 25.2 Å². The SMILES string of the molecule is N#Cc1ccc2c(c1)[C@@H](N1CCCCC1=O)[C@H](O)C(CF)(CF)O2. The maximum Gasteiger partial charge on any atom is 0.223 e. The lowest BCUT2D eigenvalue weighted by Crippen LogP contribution is -2.61. The Labute approximate surface area is 138 Å². The highest BCUT2D eigenvalue weighted by Gasteiger charge is 2.53. The van der Waals surface area contributed by atoms with Crippen molar-refractivity contribution in [2.75, 3.05) is 19.9 Å². The molecular weight excluding hydrogens is 318 g/mol. The van der Waals surface area contributed by atoms with Crippen molar-refractivity contribution in [1.29, 1.82) is 5.26 Å². The summed E-state index contributed by atoms with van der Waals surface area (Å²) in [6, 6.07) is 5.50. The zero-order valence-corrected chi connectivity index (χ0v) is 13.0. The number of hydrogen-bond acceptors (Lipinski definition) is 4. The van der Waals surface area contributed by atoms with E-state index < -0.39 is 31.1 Å². The first-order valence-electron chi connectivity index (χ1n) is 7.89. The van der Waals surface area contributed by atoms with Crippen LogP contribution in [0.3, 0.4) is 0 Å². The summed E-state index contributed by atoms with van der Waals surface area (Å²) in [6.07, 6.45) is 0.268. The minimum Gasteiger partial charge on any atom is -0.479 e. The van der Waals surface area contributed by atoms with Crippen LogP contribution in [0.15, 0.2) is 18.2 Å². The largest absolute Gasteiger partial charge is 0.479 e. The monoisotopic (exact) mass is 336 g/mol. The zero-order valence-electron chi connectivity index (χ0n) is 13.0. The van der Waals surface area contributed by atoms with Gasteiger partial charge >= 0.3 is 0 Å². The number of benzene rings is 1. The Hall–Kier alpha value is -2.20. The van der Waals surface area contributed by atoms with Crippen molar-refractivity contribution in [3.8, 4) is 11.8 Å². The average Bonchev–Trinajstić information content (AvgIpc) is 2.62. The maximum atomic E-state index is 13.6. The van der Waals surface area contributed by atoms with E-state index in [0.29, 0.717) is 24.1 Å². The molecule has 1 fully saturated rings. The molecule has 0 unspecified atom stereocenters. The predicted octanol–water partition coefficient (Wildman–Crippen LogP) is 2.04. The van der Waals surface area contributed by atoms with E-state index in [-0.39, 0.29) is 11.7 Å². The predicted molar refractivity (Wildman–Crippen MR) is 80.8 cm³/mol. The smallest absolute Gasteiger partial charge is 0.223 e. The van der Waals surface area contributed by atoms with E-state index in [9.17, 15) is 18.7 Å². The summed E-state index contributed by atoms with van der Waals surface area (Å²) in [4.78, 5) is 13.8. The van der Waals surface area contributed by atoms with Gasteiger partial charge in [0.25, 0.3) is 0 Å². The summed E-state index contributed by atoms with van der Waals surface area (Å²) < 4.78 is 32.6. The summed E-state index contributed by atoms with van der Waals surface area (Å²) >= 11 is 0. The third-order valence-electron chi connectivity index (χ3n) is 4.76. The normalized spacial score (nSPS) is 25.6. The standard InChI is InChI=1S/C17H18F2N2O3/c18-9-17(10-19)16(23)15(21-6-2-1-3-14(21)22)12-7-11(8-20)4-5-13(12)24-17/h4-5,7,15-16,23H,1-3,6,9-10H2/t15-,16+/m1/s1. The van der Waals surface area contributed by atoms with Crippen molar-refractivity contribution in [3.05, 3.63) is 29.3 Å². The molecule has 2 aliphatic heterocycles. The van der Waals surface area contributed by atoms with Crippen molar-refractivity contribution in [3.63, 3.8) is 0 Å². The first kappa shape index (κ1) is 16.7. The lowest BCUT2D eigenvalue weighted by Gasteiger charge is -2.47. The number of ether oxygens (including phenoxy) is 1. The lowest BCUT2D eigenvalue weighted by atomic mass is 9.83. The van der Waals surface area contributed by atoms with Crippen LogP contribution in [-0.4, -0.2) is 47.5 Å².